The molecule has 1 N–H and O–H groups in total. The molecule has 0 saturated carbocycles. The summed E-state index contributed by atoms with van der Waals surface area (Å²) in [6, 6.07) is 0. The maximum absolute atomic E-state index is 11.6. The second-order valence-corrected chi connectivity index (χ2v) is 3.35. The summed E-state index contributed by atoms with van der Waals surface area (Å²) in [6.07, 6.45) is 11.5. The van der Waals surface area contributed by atoms with Crippen LogP contribution in [0.3, 0.4) is 0 Å². The minimum atomic E-state index is -0.249. The number of fused-ring (bicyclic) bond motifs is 1. The zero-order chi connectivity index (χ0) is 10.7. The lowest BCUT2D eigenvalue weighted by molar-refractivity contribution is -0.138. The normalized spacial score (nSPS) is 22.3. The number of nitrogens with one attached hydrogen (secondary N) is 1. The van der Waals surface area contributed by atoms with E-state index in [0.29, 0.717) is 12.2 Å². The van der Waals surface area contributed by atoms with Crippen molar-refractivity contribution in [3.05, 3.63) is 47.9 Å². The minimum Gasteiger partial charge on any atom is -0.463 e. The van der Waals surface area contributed by atoms with Gasteiger partial charge in [0.25, 0.3) is 0 Å². The molecule has 0 fully saturated rings. The summed E-state index contributed by atoms with van der Waals surface area (Å²) in [5, 5.41) is 2.96. The third-order valence-electron chi connectivity index (χ3n) is 2.40. The van der Waals surface area contributed by atoms with Gasteiger partial charge in [0.2, 0.25) is 0 Å². The van der Waals surface area contributed by atoms with E-state index in [0.717, 1.165) is 5.57 Å². The van der Waals surface area contributed by atoms with Gasteiger partial charge in [-0.2, -0.15) is 0 Å². The van der Waals surface area contributed by atoms with Gasteiger partial charge in [-0.3, -0.25) is 0 Å². The number of ether oxygens (including phenoxy) is 1. The lowest BCUT2D eigenvalue weighted by Crippen LogP contribution is -2.23. The fourth-order valence-electron chi connectivity index (χ4n) is 1.70. The smallest absolute Gasteiger partial charge is 0.336 e. The van der Waals surface area contributed by atoms with Gasteiger partial charge in [-0.05, 0) is 12.5 Å². The van der Waals surface area contributed by atoms with Gasteiger partial charge >= 0.3 is 5.97 Å². The summed E-state index contributed by atoms with van der Waals surface area (Å²) in [5.74, 6) is -0.212. The molecule has 0 saturated heterocycles. The van der Waals surface area contributed by atoms with Gasteiger partial charge in [-0.15, -0.1) is 0 Å². The van der Waals surface area contributed by atoms with Crippen molar-refractivity contribution in [3.63, 3.8) is 0 Å². The number of allylic oxidation sites excluding steroid dienone is 5. The van der Waals surface area contributed by atoms with Crippen molar-refractivity contribution in [2.24, 2.45) is 5.92 Å². The predicted molar refractivity (Wildman–Crippen MR) is 57.7 cm³/mol. The van der Waals surface area contributed by atoms with Gasteiger partial charge in [-0.25, -0.2) is 4.79 Å². The highest BCUT2D eigenvalue weighted by molar-refractivity contribution is 5.90. The molecule has 1 heterocycles. The molecule has 0 amide bonds. The monoisotopic (exact) mass is 203 g/mol. The van der Waals surface area contributed by atoms with Crippen LogP contribution in [0.25, 0.3) is 0 Å². The maximum atomic E-state index is 11.6. The summed E-state index contributed by atoms with van der Waals surface area (Å²) in [6.45, 7) is 2.21. The van der Waals surface area contributed by atoms with Crippen molar-refractivity contribution in [2.75, 3.05) is 6.61 Å². The van der Waals surface area contributed by atoms with Crippen LogP contribution in [0.5, 0.6) is 0 Å². The van der Waals surface area contributed by atoms with E-state index >= 15 is 0 Å². The van der Waals surface area contributed by atoms with Gasteiger partial charge < -0.3 is 10.1 Å². The van der Waals surface area contributed by atoms with Gasteiger partial charge in [0.15, 0.2) is 0 Å². The molecule has 3 nitrogen and oxygen atoms in total. The molecule has 0 radical (unpaired) electrons. The number of esters is 1. The van der Waals surface area contributed by atoms with E-state index in [1.807, 2.05) is 37.4 Å². The zero-order valence-corrected chi connectivity index (χ0v) is 8.57. The fourth-order valence-corrected chi connectivity index (χ4v) is 1.70. The largest absolute Gasteiger partial charge is 0.463 e. The molecule has 0 aromatic rings. The molecular weight excluding hydrogens is 190 g/mol. The predicted octanol–water partition coefficient (Wildman–Crippen LogP) is 1.66. The van der Waals surface area contributed by atoms with Crippen LogP contribution >= 0.6 is 0 Å². The van der Waals surface area contributed by atoms with Gasteiger partial charge in [0, 0.05) is 18.3 Å². The molecule has 3 heteroatoms. The number of carbonyl (C=O) groups excluding carboxylic acids is 1. The number of rotatable bonds is 2. The molecule has 2 aliphatic rings. The number of dihydropyridines is 1. The van der Waals surface area contributed by atoms with Crippen molar-refractivity contribution in [1.82, 2.24) is 5.32 Å². The first-order chi connectivity index (χ1) is 7.33. The maximum Gasteiger partial charge on any atom is 0.336 e. The van der Waals surface area contributed by atoms with Crippen molar-refractivity contribution >= 4 is 5.97 Å². The molecule has 0 aromatic carbocycles. The van der Waals surface area contributed by atoms with Crippen molar-refractivity contribution in [2.45, 2.75) is 6.92 Å². The van der Waals surface area contributed by atoms with E-state index in [2.05, 4.69) is 5.32 Å². The highest BCUT2D eigenvalue weighted by Crippen LogP contribution is 2.28. The highest BCUT2D eigenvalue weighted by Gasteiger charge is 2.25. The Kier molecular flexibility index (Phi) is 2.72. The molecule has 0 bridgehead atoms. The quantitative estimate of drug-likeness (QED) is 0.694. The third kappa shape index (κ3) is 1.86. The van der Waals surface area contributed by atoms with E-state index in [9.17, 15) is 4.79 Å². The van der Waals surface area contributed by atoms with Crippen molar-refractivity contribution in [3.8, 4) is 0 Å². The van der Waals surface area contributed by atoms with Crippen molar-refractivity contribution < 1.29 is 9.53 Å². The van der Waals surface area contributed by atoms with Gasteiger partial charge in [0.1, 0.15) is 0 Å². The Hall–Kier alpha value is -1.77. The minimum absolute atomic E-state index is 0.0373. The lowest BCUT2D eigenvalue weighted by Gasteiger charge is -2.22. The third-order valence-corrected chi connectivity index (χ3v) is 2.40. The molecule has 1 aliphatic carbocycles. The van der Waals surface area contributed by atoms with E-state index < -0.39 is 0 Å². The molecule has 1 atom stereocenters. The second kappa shape index (κ2) is 4.17. The van der Waals surface area contributed by atoms with Gasteiger partial charge in [-0.1, -0.05) is 24.3 Å². The molecular formula is C12H13NO2. The number of carbonyl (C=O) groups is 1. The Morgan fingerprint density at radius 3 is 3.13 bits per heavy atom. The highest BCUT2D eigenvalue weighted by atomic mass is 16.5. The lowest BCUT2D eigenvalue weighted by atomic mass is 9.87. The first-order valence-electron chi connectivity index (χ1n) is 5.01. The van der Waals surface area contributed by atoms with Crippen LogP contribution in [0.15, 0.2) is 47.9 Å². The summed E-state index contributed by atoms with van der Waals surface area (Å²) in [5.41, 5.74) is 1.75. The van der Waals surface area contributed by atoms with E-state index in [1.165, 1.54) is 0 Å². The van der Waals surface area contributed by atoms with Crippen LogP contribution in [0, 0.1) is 5.92 Å². The topological polar surface area (TPSA) is 38.3 Å². The molecule has 2 rings (SSSR count). The zero-order valence-electron chi connectivity index (χ0n) is 8.57. The second-order valence-electron chi connectivity index (χ2n) is 3.35. The van der Waals surface area contributed by atoms with Crippen molar-refractivity contribution in [1.29, 1.82) is 0 Å². The van der Waals surface area contributed by atoms with Crippen LogP contribution in [-0.2, 0) is 9.53 Å². The summed E-state index contributed by atoms with van der Waals surface area (Å²) < 4.78 is 5.00. The van der Waals surface area contributed by atoms with Gasteiger partial charge in [0.05, 0.1) is 12.2 Å². The Morgan fingerprint density at radius 1 is 1.47 bits per heavy atom. The molecule has 1 unspecified atom stereocenters. The Bertz CT molecular complexity index is 388. The average Bonchev–Trinajstić information content (AvgIpc) is 2.28. The Morgan fingerprint density at radius 2 is 2.33 bits per heavy atom. The SMILES string of the molecule is CCOC(=O)C1=CNC=C2C=CC=CC21. The number of hydrogen-bond donors (Lipinski definition) is 1. The molecule has 15 heavy (non-hydrogen) atoms. The molecule has 0 aromatic heterocycles. The Balaban J connectivity index is 2.20. The summed E-state index contributed by atoms with van der Waals surface area (Å²) in [7, 11) is 0. The van der Waals surface area contributed by atoms with Crippen LogP contribution in [0.2, 0.25) is 0 Å². The number of hydrogen-bond acceptors (Lipinski definition) is 3. The summed E-state index contributed by atoms with van der Waals surface area (Å²) >= 11 is 0. The first-order valence-corrected chi connectivity index (χ1v) is 5.01. The summed E-state index contributed by atoms with van der Waals surface area (Å²) in [4.78, 5) is 11.6. The first kappa shape index (κ1) is 9.77. The van der Waals surface area contributed by atoms with Crippen LogP contribution < -0.4 is 5.32 Å². The van der Waals surface area contributed by atoms with Crippen LogP contribution in [-0.4, -0.2) is 12.6 Å². The van der Waals surface area contributed by atoms with Crippen LogP contribution in [0.1, 0.15) is 6.92 Å². The molecule has 1 aliphatic heterocycles. The Labute approximate surface area is 88.8 Å². The van der Waals surface area contributed by atoms with E-state index in [4.69, 9.17) is 4.74 Å². The fraction of sp³-hybridized carbons (Fsp3) is 0.250. The average molecular weight is 203 g/mol. The van der Waals surface area contributed by atoms with E-state index in [-0.39, 0.29) is 11.9 Å². The standard InChI is InChI=1S/C12H13NO2/c1-2-15-12(14)11-8-13-7-9-5-3-4-6-10(9)11/h3-8,10,13H,2H2,1H3. The van der Waals surface area contributed by atoms with E-state index in [1.54, 1.807) is 6.20 Å². The van der Waals surface area contributed by atoms with Crippen LogP contribution in [0.4, 0.5) is 0 Å². The molecule has 0 spiro atoms. The molecule has 78 valence electrons.